The molecule has 2 N–H and O–H groups in total. The summed E-state index contributed by atoms with van der Waals surface area (Å²) < 4.78 is 0. The highest BCUT2D eigenvalue weighted by Crippen LogP contribution is 2.29. The van der Waals surface area contributed by atoms with E-state index in [9.17, 15) is 4.79 Å². The fourth-order valence-electron chi connectivity index (χ4n) is 1.94. The van der Waals surface area contributed by atoms with Crippen molar-refractivity contribution in [3.8, 4) is 0 Å². The lowest BCUT2D eigenvalue weighted by atomic mass is 10.2. The van der Waals surface area contributed by atoms with E-state index in [0.717, 1.165) is 12.2 Å². The van der Waals surface area contributed by atoms with Gasteiger partial charge in [0.25, 0.3) is 0 Å². The van der Waals surface area contributed by atoms with Crippen molar-refractivity contribution in [3.63, 3.8) is 0 Å². The molecule has 3 atom stereocenters. The van der Waals surface area contributed by atoms with E-state index in [4.69, 9.17) is 0 Å². The van der Waals surface area contributed by atoms with Gasteiger partial charge in [-0.05, 0) is 32.6 Å². The first kappa shape index (κ1) is 12.8. The molecule has 0 radical (unpaired) electrons. The first-order chi connectivity index (χ1) is 7.19. The van der Waals surface area contributed by atoms with Crippen molar-refractivity contribution in [3.05, 3.63) is 0 Å². The molecule has 0 heterocycles. The van der Waals surface area contributed by atoms with Gasteiger partial charge in [-0.2, -0.15) is 11.8 Å². The molecule has 0 spiro atoms. The average Bonchev–Trinajstić information content (AvgIpc) is 2.65. The molecular weight excluding hydrogens is 208 g/mol. The Bertz CT molecular complexity index is 211. The van der Waals surface area contributed by atoms with Crippen LogP contribution in [-0.2, 0) is 4.79 Å². The van der Waals surface area contributed by atoms with Gasteiger partial charge in [-0.1, -0.05) is 13.3 Å². The minimum atomic E-state index is -0.0853. The summed E-state index contributed by atoms with van der Waals surface area (Å²) in [5, 5.41) is 6.74. The van der Waals surface area contributed by atoms with E-state index in [2.05, 4.69) is 17.6 Å². The molecule has 88 valence electrons. The SMILES string of the molecule is CCSC1CCCC1NC(=O)C(C)NC. The lowest BCUT2D eigenvalue weighted by Crippen LogP contribution is -2.47. The van der Waals surface area contributed by atoms with Gasteiger partial charge in [0.05, 0.1) is 6.04 Å². The first-order valence-electron chi connectivity index (χ1n) is 5.78. The van der Waals surface area contributed by atoms with Crippen molar-refractivity contribution in [2.45, 2.75) is 50.4 Å². The smallest absolute Gasteiger partial charge is 0.237 e. The van der Waals surface area contributed by atoms with Crippen molar-refractivity contribution < 1.29 is 4.79 Å². The Kier molecular flexibility index (Phi) is 5.47. The van der Waals surface area contributed by atoms with Crippen LogP contribution in [0.1, 0.15) is 33.1 Å². The van der Waals surface area contributed by atoms with Gasteiger partial charge < -0.3 is 10.6 Å². The van der Waals surface area contributed by atoms with E-state index in [1.807, 2.05) is 25.7 Å². The maximum absolute atomic E-state index is 11.7. The largest absolute Gasteiger partial charge is 0.351 e. The summed E-state index contributed by atoms with van der Waals surface area (Å²) in [4.78, 5) is 11.7. The summed E-state index contributed by atoms with van der Waals surface area (Å²) >= 11 is 1.97. The highest BCUT2D eigenvalue weighted by Gasteiger charge is 2.29. The zero-order valence-corrected chi connectivity index (χ0v) is 10.7. The number of likely N-dealkylation sites (N-methyl/N-ethyl adjacent to an activating group) is 1. The number of carbonyl (C=O) groups excluding carboxylic acids is 1. The summed E-state index contributed by atoms with van der Waals surface area (Å²) in [5.74, 6) is 1.27. The standard InChI is InChI=1S/C11H22N2OS/c1-4-15-10-7-5-6-9(10)13-11(14)8(2)12-3/h8-10,12H,4-7H2,1-3H3,(H,13,14). The lowest BCUT2D eigenvalue weighted by molar-refractivity contribution is -0.123. The number of rotatable bonds is 5. The molecule has 0 bridgehead atoms. The predicted octanol–water partition coefficient (Wildman–Crippen LogP) is 1.38. The highest BCUT2D eigenvalue weighted by atomic mass is 32.2. The topological polar surface area (TPSA) is 41.1 Å². The van der Waals surface area contributed by atoms with Crippen molar-refractivity contribution in [2.75, 3.05) is 12.8 Å². The first-order valence-corrected chi connectivity index (χ1v) is 6.83. The van der Waals surface area contributed by atoms with Crippen LogP contribution < -0.4 is 10.6 Å². The van der Waals surface area contributed by atoms with Crippen molar-refractivity contribution in [1.29, 1.82) is 0 Å². The predicted molar refractivity (Wildman–Crippen MR) is 66.2 cm³/mol. The molecule has 0 aliphatic heterocycles. The van der Waals surface area contributed by atoms with Crippen LogP contribution in [0.25, 0.3) is 0 Å². The van der Waals surface area contributed by atoms with Gasteiger partial charge in [-0.15, -0.1) is 0 Å². The minimum Gasteiger partial charge on any atom is -0.351 e. The van der Waals surface area contributed by atoms with Gasteiger partial charge in [-0.3, -0.25) is 4.79 Å². The number of hydrogen-bond acceptors (Lipinski definition) is 3. The second-order valence-electron chi connectivity index (χ2n) is 4.05. The van der Waals surface area contributed by atoms with Crippen LogP contribution in [0.2, 0.25) is 0 Å². The number of thioether (sulfide) groups is 1. The minimum absolute atomic E-state index is 0.0853. The van der Waals surface area contributed by atoms with E-state index in [1.165, 1.54) is 12.8 Å². The molecule has 1 rings (SSSR count). The molecule has 0 aromatic rings. The number of carbonyl (C=O) groups is 1. The molecule has 1 aliphatic rings. The average molecular weight is 230 g/mol. The maximum atomic E-state index is 11.7. The molecule has 1 aliphatic carbocycles. The van der Waals surface area contributed by atoms with Crippen molar-refractivity contribution in [2.24, 2.45) is 0 Å². The summed E-state index contributed by atoms with van der Waals surface area (Å²) in [5.41, 5.74) is 0. The normalized spacial score (nSPS) is 27.7. The Balaban J connectivity index is 2.39. The second-order valence-corrected chi connectivity index (χ2v) is 5.57. The third-order valence-corrected chi connectivity index (χ3v) is 4.31. The van der Waals surface area contributed by atoms with E-state index in [1.54, 1.807) is 0 Å². The zero-order chi connectivity index (χ0) is 11.3. The van der Waals surface area contributed by atoms with E-state index in [0.29, 0.717) is 11.3 Å². The van der Waals surface area contributed by atoms with Gasteiger partial charge in [0.15, 0.2) is 0 Å². The Morgan fingerprint density at radius 3 is 2.87 bits per heavy atom. The molecular formula is C11H22N2OS. The van der Waals surface area contributed by atoms with Gasteiger partial charge >= 0.3 is 0 Å². The molecule has 3 nitrogen and oxygen atoms in total. The zero-order valence-electron chi connectivity index (χ0n) is 9.88. The van der Waals surface area contributed by atoms with Crippen LogP contribution in [0.15, 0.2) is 0 Å². The third kappa shape index (κ3) is 3.68. The van der Waals surface area contributed by atoms with Crippen LogP contribution in [0, 0.1) is 0 Å². The van der Waals surface area contributed by atoms with Gasteiger partial charge in [0.2, 0.25) is 5.91 Å². The number of hydrogen-bond donors (Lipinski definition) is 2. The molecule has 3 unspecified atom stereocenters. The highest BCUT2D eigenvalue weighted by molar-refractivity contribution is 7.99. The molecule has 0 saturated heterocycles. The van der Waals surface area contributed by atoms with Crippen LogP contribution in [0.4, 0.5) is 0 Å². The van der Waals surface area contributed by atoms with Crippen LogP contribution >= 0.6 is 11.8 Å². The summed E-state index contributed by atoms with van der Waals surface area (Å²) in [6.07, 6.45) is 3.63. The van der Waals surface area contributed by atoms with Crippen molar-refractivity contribution >= 4 is 17.7 Å². The molecule has 1 fully saturated rings. The van der Waals surface area contributed by atoms with Gasteiger partial charge in [0, 0.05) is 11.3 Å². The Morgan fingerprint density at radius 1 is 1.53 bits per heavy atom. The molecule has 4 heteroatoms. The van der Waals surface area contributed by atoms with Crippen molar-refractivity contribution in [1.82, 2.24) is 10.6 Å². The van der Waals surface area contributed by atoms with E-state index >= 15 is 0 Å². The molecule has 1 amide bonds. The Hall–Kier alpha value is -0.220. The number of amides is 1. The molecule has 15 heavy (non-hydrogen) atoms. The Labute approximate surface area is 96.8 Å². The maximum Gasteiger partial charge on any atom is 0.237 e. The monoisotopic (exact) mass is 230 g/mol. The summed E-state index contributed by atoms with van der Waals surface area (Å²) in [6.45, 7) is 4.07. The van der Waals surface area contributed by atoms with E-state index in [-0.39, 0.29) is 11.9 Å². The second kappa shape index (κ2) is 6.38. The molecule has 0 aromatic heterocycles. The summed E-state index contributed by atoms with van der Waals surface area (Å²) in [6, 6.07) is 0.302. The van der Waals surface area contributed by atoms with Gasteiger partial charge in [-0.25, -0.2) is 0 Å². The quantitative estimate of drug-likeness (QED) is 0.750. The van der Waals surface area contributed by atoms with E-state index < -0.39 is 0 Å². The molecule has 0 aromatic carbocycles. The lowest BCUT2D eigenvalue weighted by Gasteiger charge is -2.22. The Morgan fingerprint density at radius 2 is 2.27 bits per heavy atom. The van der Waals surface area contributed by atoms with Crippen LogP contribution in [-0.4, -0.2) is 36.0 Å². The number of nitrogens with one attached hydrogen (secondary N) is 2. The van der Waals surface area contributed by atoms with Gasteiger partial charge in [0.1, 0.15) is 0 Å². The van der Waals surface area contributed by atoms with Crippen LogP contribution in [0.5, 0.6) is 0 Å². The molecule has 1 saturated carbocycles. The fraction of sp³-hybridized carbons (Fsp3) is 0.909. The summed E-state index contributed by atoms with van der Waals surface area (Å²) in [7, 11) is 1.82. The third-order valence-electron chi connectivity index (χ3n) is 2.99. The van der Waals surface area contributed by atoms with Crippen LogP contribution in [0.3, 0.4) is 0 Å². The fourth-order valence-corrected chi connectivity index (χ4v) is 3.14.